The lowest BCUT2D eigenvalue weighted by atomic mass is 9.89. The van der Waals surface area contributed by atoms with Gasteiger partial charge in [0.1, 0.15) is 6.10 Å². The SMILES string of the molecule is CCNC(=NCC(C)(CC)CO)N1CCOC(C2CCCO2)C1.I. The van der Waals surface area contributed by atoms with Gasteiger partial charge in [-0.05, 0) is 26.2 Å². The first kappa shape index (κ1) is 21.9. The number of guanidine groups is 1. The van der Waals surface area contributed by atoms with Crippen molar-refractivity contribution in [1.29, 1.82) is 0 Å². The van der Waals surface area contributed by atoms with Crippen molar-refractivity contribution in [3.8, 4) is 0 Å². The topological polar surface area (TPSA) is 66.3 Å². The van der Waals surface area contributed by atoms with Gasteiger partial charge in [0.2, 0.25) is 0 Å². The Morgan fingerprint density at radius 1 is 1.29 bits per heavy atom. The minimum absolute atomic E-state index is 0. The molecule has 7 heteroatoms. The van der Waals surface area contributed by atoms with E-state index in [1.54, 1.807) is 0 Å². The molecule has 0 amide bonds. The van der Waals surface area contributed by atoms with Crippen molar-refractivity contribution in [3.05, 3.63) is 0 Å². The zero-order chi connectivity index (χ0) is 16.7. The van der Waals surface area contributed by atoms with Crippen LogP contribution in [0.4, 0.5) is 0 Å². The first-order valence-corrected chi connectivity index (χ1v) is 8.99. The molecule has 3 unspecified atom stereocenters. The Labute approximate surface area is 163 Å². The Hall–Kier alpha value is -0.120. The van der Waals surface area contributed by atoms with E-state index >= 15 is 0 Å². The number of morpholine rings is 1. The van der Waals surface area contributed by atoms with Crippen molar-refractivity contribution in [2.75, 3.05) is 46.0 Å². The molecule has 6 nitrogen and oxygen atoms in total. The van der Waals surface area contributed by atoms with Crippen LogP contribution in [-0.4, -0.2) is 74.2 Å². The van der Waals surface area contributed by atoms with Crippen LogP contribution in [0, 0.1) is 5.41 Å². The molecule has 0 spiro atoms. The fourth-order valence-electron chi connectivity index (χ4n) is 2.95. The second-order valence-electron chi connectivity index (χ2n) is 6.90. The van der Waals surface area contributed by atoms with E-state index in [1.807, 2.05) is 0 Å². The average Bonchev–Trinajstić information content (AvgIpc) is 3.13. The zero-order valence-corrected chi connectivity index (χ0v) is 17.6. The molecule has 2 fully saturated rings. The summed E-state index contributed by atoms with van der Waals surface area (Å²) in [5, 5.41) is 13.0. The molecule has 2 rings (SSSR count). The maximum atomic E-state index is 9.58. The highest BCUT2D eigenvalue weighted by molar-refractivity contribution is 14.0. The molecule has 3 atom stereocenters. The van der Waals surface area contributed by atoms with E-state index in [0.717, 1.165) is 51.5 Å². The lowest BCUT2D eigenvalue weighted by Crippen LogP contribution is -2.53. The average molecular weight is 455 g/mol. The minimum Gasteiger partial charge on any atom is -0.396 e. The molecular formula is C17H34IN3O3. The number of hydrogen-bond acceptors (Lipinski definition) is 4. The quantitative estimate of drug-likeness (QED) is 0.364. The molecule has 142 valence electrons. The van der Waals surface area contributed by atoms with Gasteiger partial charge in [-0.15, -0.1) is 24.0 Å². The number of rotatable bonds is 6. The van der Waals surface area contributed by atoms with Gasteiger partial charge in [-0.2, -0.15) is 0 Å². The van der Waals surface area contributed by atoms with Gasteiger partial charge in [-0.25, -0.2) is 0 Å². The Morgan fingerprint density at radius 3 is 2.62 bits per heavy atom. The van der Waals surface area contributed by atoms with Crippen LogP contribution in [0.2, 0.25) is 0 Å². The van der Waals surface area contributed by atoms with Crippen LogP contribution in [0.3, 0.4) is 0 Å². The number of aliphatic imine (C=N–C) groups is 1. The van der Waals surface area contributed by atoms with Crippen molar-refractivity contribution in [1.82, 2.24) is 10.2 Å². The summed E-state index contributed by atoms with van der Waals surface area (Å²) < 4.78 is 11.7. The first-order chi connectivity index (χ1) is 11.1. The van der Waals surface area contributed by atoms with Gasteiger partial charge in [0, 0.05) is 31.7 Å². The molecule has 0 saturated carbocycles. The second kappa shape index (κ2) is 10.8. The third-order valence-electron chi connectivity index (χ3n) is 4.95. The van der Waals surface area contributed by atoms with Crippen LogP contribution in [0.1, 0.15) is 40.0 Å². The number of ether oxygens (including phenoxy) is 2. The summed E-state index contributed by atoms with van der Waals surface area (Å²) in [5.41, 5.74) is -0.152. The fraction of sp³-hybridized carbons (Fsp3) is 0.941. The number of hydrogen-bond donors (Lipinski definition) is 2. The smallest absolute Gasteiger partial charge is 0.194 e. The summed E-state index contributed by atoms with van der Waals surface area (Å²) in [6.07, 6.45) is 3.48. The normalized spacial score (nSPS) is 27.5. The third kappa shape index (κ3) is 6.00. The molecule has 2 saturated heterocycles. The first-order valence-electron chi connectivity index (χ1n) is 8.99. The number of nitrogens with zero attached hydrogens (tertiary/aromatic N) is 2. The molecule has 24 heavy (non-hydrogen) atoms. The third-order valence-corrected chi connectivity index (χ3v) is 4.95. The Morgan fingerprint density at radius 2 is 2.04 bits per heavy atom. The molecule has 2 N–H and O–H groups in total. The predicted molar refractivity (Wildman–Crippen MR) is 107 cm³/mol. The molecule has 0 aromatic carbocycles. The van der Waals surface area contributed by atoms with E-state index in [2.05, 4.69) is 31.0 Å². The number of aliphatic hydroxyl groups is 1. The van der Waals surface area contributed by atoms with E-state index in [0.29, 0.717) is 13.2 Å². The summed E-state index contributed by atoms with van der Waals surface area (Å²) in [6, 6.07) is 0. The molecular weight excluding hydrogens is 421 g/mol. The molecule has 0 bridgehead atoms. The van der Waals surface area contributed by atoms with Gasteiger partial charge in [-0.1, -0.05) is 13.8 Å². The highest BCUT2D eigenvalue weighted by Crippen LogP contribution is 2.22. The van der Waals surface area contributed by atoms with Gasteiger partial charge in [0.05, 0.1) is 25.9 Å². The van der Waals surface area contributed by atoms with Crippen LogP contribution in [0.25, 0.3) is 0 Å². The highest BCUT2D eigenvalue weighted by atomic mass is 127. The largest absolute Gasteiger partial charge is 0.396 e. The van der Waals surface area contributed by atoms with Gasteiger partial charge < -0.3 is 24.8 Å². The maximum absolute atomic E-state index is 9.58. The Kier molecular flexibility index (Phi) is 9.84. The summed E-state index contributed by atoms with van der Waals surface area (Å²) in [6.45, 7) is 11.1. The number of nitrogens with one attached hydrogen (secondary N) is 1. The van der Waals surface area contributed by atoms with Crippen LogP contribution < -0.4 is 5.32 Å². The van der Waals surface area contributed by atoms with Gasteiger partial charge >= 0.3 is 0 Å². The van der Waals surface area contributed by atoms with Gasteiger partial charge in [-0.3, -0.25) is 4.99 Å². The van der Waals surface area contributed by atoms with E-state index in [-0.39, 0.29) is 48.2 Å². The van der Waals surface area contributed by atoms with Gasteiger partial charge in [0.15, 0.2) is 5.96 Å². The van der Waals surface area contributed by atoms with Crippen LogP contribution in [0.5, 0.6) is 0 Å². The molecule has 0 aliphatic carbocycles. The summed E-state index contributed by atoms with van der Waals surface area (Å²) in [4.78, 5) is 7.06. The van der Waals surface area contributed by atoms with Crippen molar-refractivity contribution in [2.24, 2.45) is 10.4 Å². The fourth-order valence-corrected chi connectivity index (χ4v) is 2.95. The van der Waals surface area contributed by atoms with Crippen molar-refractivity contribution in [2.45, 2.75) is 52.2 Å². The molecule has 2 heterocycles. The van der Waals surface area contributed by atoms with E-state index in [4.69, 9.17) is 14.5 Å². The molecule has 2 aliphatic rings. The standard InChI is InChI=1S/C17H33N3O3.HI/c1-4-17(3,13-21)12-19-16(18-5-2)20-8-10-23-15(11-20)14-7-6-9-22-14;/h14-15,21H,4-13H2,1-3H3,(H,18,19);1H. The number of halogens is 1. The molecule has 2 aliphatic heterocycles. The Balaban J connectivity index is 0.00000288. The van der Waals surface area contributed by atoms with E-state index < -0.39 is 0 Å². The molecule has 0 aromatic heterocycles. The highest BCUT2D eigenvalue weighted by Gasteiger charge is 2.32. The van der Waals surface area contributed by atoms with Crippen LogP contribution in [-0.2, 0) is 9.47 Å². The molecule has 0 aromatic rings. The summed E-state index contributed by atoms with van der Waals surface area (Å²) in [7, 11) is 0. The molecule has 0 radical (unpaired) electrons. The van der Waals surface area contributed by atoms with Crippen molar-refractivity contribution < 1.29 is 14.6 Å². The van der Waals surface area contributed by atoms with Crippen LogP contribution >= 0.6 is 24.0 Å². The predicted octanol–water partition coefficient (Wildman–Crippen LogP) is 1.86. The number of aliphatic hydroxyl groups excluding tert-OH is 1. The van der Waals surface area contributed by atoms with E-state index in [9.17, 15) is 5.11 Å². The van der Waals surface area contributed by atoms with Crippen molar-refractivity contribution >= 4 is 29.9 Å². The monoisotopic (exact) mass is 455 g/mol. The lowest BCUT2D eigenvalue weighted by molar-refractivity contribution is -0.0817. The summed E-state index contributed by atoms with van der Waals surface area (Å²) in [5.74, 6) is 0.923. The maximum Gasteiger partial charge on any atom is 0.194 e. The van der Waals surface area contributed by atoms with Crippen molar-refractivity contribution in [3.63, 3.8) is 0 Å². The van der Waals surface area contributed by atoms with E-state index in [1.165, 1.54) is 0 Å². The minimum atomic E-state index is -0.152. The Bertz CT molecular complexity index is 385. The summed E-state index contributed by atoms with van der Waals surface area (Å²) >= 11 is 0. The lowest BCUT2D eigenvalue weighted by Gasteiger charge is -2.37. The van der Waals surface area contributed by atoms with Crippen LogP contribution in [0.15, 0.2) is 4.99 Å². The zero-order valence-electron chi connectivity index (χ0n) is 15.3. The second-order valence-corrected chi connectivity index (χ2v) is 6.90. The van der Waals surface area contributed by atoms with Gasteiger partial charge in [0.25, 0.3) is 0 Å².